The summed E-state index contributed by atoms with van der Waals surface area (Å²) in [7, 11) is 1.41. The largest absolute Gasteiger partial charge is 0.459 e. The van der Waals surface area contributed by atoms with Gasteiger partial charge < -0.3 is 19.5 Å². The molecule has 2 aliphatic heterocycles. The van der Waals surface area contributed by atoms with E-state index in [0.717, 1.165) is 5.56 Å². The number of hydrogen-bond donors (Lipinski definition) is 1. The Morgan fingerprint density at radius 3 is 2.56 bits per heavy atom. The maximum atomic E-state index is 12.7. The van der Waals surface area contributed by atoms with Gasteiger partial charge in [-0.05, 0) is 26.3 Å². The molecule has 1 aromatic rings. The molecule has 2 fully saturated rings. The van der Waals surface area contributed by atoms with Gasteiger partial charge in [0.05, 0.1) is 6.10 Å². The van der Waals surface area contributed by atoms with Crippen LogP contribution in [0.25, 0.3) is 0 Å². The van der Waals surface area contributed by atoms with E-state index >= 15 is 0 Å². The van der Waals surface area contributed by atoms with E-state index in [-0.39, 0.29) is 12.5 Å². The van der Waals surface area contributed by atoms with Crippen molar-refractivity contribution in [1.82, 2.24) is 4.90 Å². The van der Waals surface area contributed by atoms with Gasteiger partial charge in [0.25, 0.3) is 5.91 Å². The van der Waals surface area contributed by atoms with Crippen molar-refractivity contribution in [2.24, 2.45) is 0 Å². The third-order valence-electron chi connectivity index (χ3n) is 4.95. The molecule has 1 aromatic carbocycles. The second kappa shape index (κ2) is 6.30. The molecule has 2 aliphatic rings. The van der Waals surface area contributed by atoms with Gasteiger partial charge in [-0.1, -0.05) is 30.3 Å². The molecular formula is C18H23NO5S. The zero-order valence-corrected chi connectivity index (χ0v) is 15.6. The topological polar surface area (TPSA) is 76.1 Å². The molecule has 1 N–H and O–H groups in total. The first kappa shape index (κ1) is 18.2. The van der Waals surface area contributed by atoms with E-state index in [2.05, 4.69) is 0 Å². The number of carbonyl (C=O) groups excluding carboxylic acids is 2. The highest BCUT2D eigenvalue weighted by atomic mass is 32.2. The molecule has 0 saturated carbocycles. The Hall–Kier alpha value is -1.57. The van der Waals surface area contributed by atoms with Crippen molar-refractivity contribution in [3.63, 3.8) is 0 Å². The average molecular weight is 365 g/mol. The Balaban J connectivity index is 1.78. The number of ether oxygens (including phenoxy) is 2. The smallest absolute Gasteiger partial charge is 0.330 e. The minimum Gasteiger partial charge on any atom is -0.459 e. The Bertz CT molecular complexity index is 677. The van der Waals surface area contributed by atoms with Crippen molar-refractivity contribution in [2.75, 3.05) is 7.11 Å². The highest BCUT2D eigenvalue weighted by Crippen LogP contribution is 2.57. The number of hydrogen-bond acceptors (Lipinski definition) is 6. The fourth-order valence-electron chi connectivity index (χ4n) is 3.59. The van der Waals surface area contributed by atoms with Gasteiger partial charge in [0, 0.05) is 11.9 Å². The number of benzene rings is 1. The maximum absolute atomic E-state index is 12.7. The molecule has 0 aromatic heterocycles. The molecule has 4 atom stereocenters. The molecule has 7 heteroatoms. The van der Waals surface area contributed by atoms with E-state index in [1.54, 1.807) is 0 Å². The number of nitrogens with zero attached hydrogens (tertiary/aromatic N) is 1. The zero-order chi connectivity index (χ0) is 18.4. The van der Waals surface area contributed by atoms with Crippen molar-refractivity contribution >= 4 is 23.6 Å². The minimum absolute atomic E-state index is 0.162. The van der Waals surface area contributed by atoms with Crippen LogP contribution in [-0.4, -0.2) is 56.9 Å². The predicted molar refractivity (Wildman–Crippen MR) is 93.8 cm³/mol. The van der Waals surface area contributed by atoms with Crippen molar-refractivity contribution in [2.45, 2.75) is 55.2 Å². The zero-order valence-electron chi connectivity index (χ0n) is 14.8. The van der Waals surface area contributed by atoms with E-state index < -0.39 is 33.8 Å². The molecule has 1 unspecified atom stereocenters. The lowest BCUT2D eigenvalue weighted by Gasteiger charge is -2.53. The molecule has 0 aliphatic carbocycles. The van der Waals surface area contributed by atoms with Crippen LogP contribution in [0.15, 0.2) is 30.3 Å². The van der Waals surface area contributed by atoms with Crippen molar-refractivity contribution in [1.29, 1.82) is 0 Å². The van der Waals surface area contributed by atoms with E-state index in [1.165, 1.54) is 30.7 Å². The van der Waals surface area contributed by atoms with Crippen LogP contribution in [0.4, 0.5) is 0 Å². The Kier molecular flexibility index (Phi) is 4.59. The van der Waals surface area contributed by atoms with Gasteiger partial charge in [0.2, 0.25) is 5.60 Å². The standard InChI is InChI=1S/C18H23NO5S/c1-11(20)18(23-4)15(22)19-13(17(2,3)25-16(18)19)14(21)24-10-12-8-6-5-7-9-12/h5-9,11,13,16,20H,10H2,1-4H3/t11?,13-,16+,18-/m0/s1. The lowest BCUT2D eigenvalue weighted by Crippen LogP contribution is -2.78. The summed E-state index contributed by atoms with van der Waals surface area (Å²) in [5.41, 5.74) is -0.405. The van der Waals surface area contributed by atoms with E-state index in [1.807, 2.05) is 44.2 Å². The number of carbonyl (C=O) groups is 2. The normalized spacial score (nSPS) is 31.2. The first-order chi connectivity index (χ1) is 11.8. The van der Waals surface area contributed by atoms with Crippen molar-refractivity contribution in [3.8, 4) is 0 Å². The highest BCUT2D eigenvalue weighted by molar-refractivity contribution is 8.01. The maximum Gasteiger partial charge on any atom is 0.330 e. The van der Waals surface area contributed by atoms with Gasteiger partial charge in [-0.3, -0.25) is 4.79 Å². The molecular weight excluding hydrogens is 342 g/mol. The number of amides is 1. The second-order valence-electron chi connectivity index (χ2n) is 6.96. The Morgan fingerprint density at radius 2 is 2.00 bits per heavy atom. The number of rotatable bonds is 5. The van der Waals surface area contributed by atoms with Crippen LogP contribution in [-0.2, 0) is 25.7 Å². The van der Waals surface area contributed by atoms with Crippen molar-refractivity contribution < 1.29 is 24.2 Å². The van der Waals surface area contributed by atoms with Crippen LogP contribution >= 0.6 is 11.8 Å². The number of thioether (sulfide) groups is 1. The first-order valence-electron chi connectivity index (χ1n) is 8.20. The molecule has 136 valence electrons. The van der Waals surface area contributed by atoms with Crippen LogP contribution in [0.1, 0.15) is 26.3 Å². The van der Waals surface area contributed by atoms with Gasteiger partial charge in [0.1, 0.15) is 18.0 Å². The molecule has 6 nitrogen and oxygen atoms in total. The van der Waals surface area contributed by atoms with Gasteiger partial charge >= 0.3 is 5.97 Å². The van der Waals surface area contributed by atoms with E-state index in [0.29, 0.717) is 0 Å². The monoisotopic (exact) mass is 365 g/mol. The molecule has 0 spiro atoms. The summed E-state index contributed by atoms with van der Waals surface area (Å²) in [5, 5.41) is 9.68. The molecule has 1 amide bonds. The molecule has 0 bridgehead atoms. The van der Waals surface area contributed by atoms with Crippen LogP contribution < -0.4 is 0 Å². The van der Waals surface area contributed by atoms with Gasteiger partial charge in [0.15, 0.2) is 0 Å². The van der Waals surface area contributed by atoms with Gasteiger partial charge in [-0.2, -0.15) is 0 Å². The molecule has 0 radical (unpaired) electrons. The molecule has 25 heavy (non-hydrogen) atoms. The summed E-state index contributed by atoms with van der Waals surface area (Å²) >= 11 is 1.46. The number of methoxy groups -OCH3 is 1. The Labute approximate surface area is 151 Å². The van der Waals surface area contributed by atoms with E-state index in [9.17, 15) is 14.7 Å². The summed E-state index contributed by atoms with van der Waals surface area (Å²) in [6.07, 6.45) is -0.964. The number of aliphatic hydroxyl groups is 1. The number of fused-ring (bicyclic) bond motifs is 1. The second-order valence-corrected chi connectivity index (χ2v) is 8.69. The number of aliphatic hydroxyl groups excluding tert-OH is 1. The fourth-order valence-corrected chi connectivity index (χ4v) is 5.40. The number of β-lactam (4-membered cyclic amide) rings is 1. The molecule has 2 saturated heterocycles. The lowest BCUT2D eigenvalue weighted by atomic mass is 9.83. The quantitative estimate of drug-likeness (QED) is 0.630. The van der Waals surface area contributed by atoms with Gasteiger partial charge in [-0.25, -0.2) is 4.79 Å². The summed E-state index contributed by atoms with van der Waals surface area (Å²) in [6.45, 7) is 5.50. The summed E-state index contributed by atoms with van der Waals surface area (Å²) in [5.74, 6) is -0.803. The highest BCUT2D eigenvalue weighted by Gasteiger charge is 2.74. The average Bonchev–Trinajstić information content (AvgIpc) is 2.83. The molecule has 3 rings (SSSR count). The van der Waals surface area contributed by atoms with Crippen LogP contribution in [0.2, 0.25) is 0 Å². The van der Waals surface area contributed by atoms with Crippen LogP contribution in [0.5, 0.6) is 0 Å². The fraction of sp³-hybridized carbons (Fsp3) is 0.556. The van der Waals surface area contributed by atoms with Gasteiger partial charge in [-0.15, -0.1) is 11.8 Å². The van der Waals surface area contributed by atoms with E-state index in [4.69, 9.17) is 9.47 Å². The molecule has 2 heterocycles. The lowest BCUT2D eigenvalue weighted by molar-refractivity contribution is -0.212. The third-order valence-corrected chi connectivity index (χ3v) is 6.58. The first-order valence-corrected chi connectivity index (χ1v) is 9.08. The number of esters is 1. The van der Waals surface area contributed by atoms with Crippen LogP contribution in [0, 0.1) is 0 Å². The Morgan fingerprint density at radius 1 is 1.36 bits per heavy atom. The summed E-state index contributed by atoms with van der Waals surface area (Å²) in [4.78, 5) is 26.9. The third kappa shape index (κ3) is 2.65. The van der Waals surface area contributed by atoms with Crippen molar-refractivity contribution in [3.05, 3.63) is 35.9 Å². The predicted octanol–water partition coefficient (Wildman–Crippen LogP) is 1.56. The minimum atomic E-state index is -1.30. The summed E-state index contributed by atoms with van der Waals surface area (Å²) < 4.78 is 10.3. The summed E-state index contributed by atoms with van der Waals surface area (Å²) in [6, 6.07) is 8.70. The SMILES string of the molecule is CO[C@@]1(C(C)O)C(=O)N2[C@@H](C(=O)OCc3ccccc3)C(C)(C)S[C@@H]21. The van der Waals surface area contributed by atoms with Crippen LogP contribution in [0.3, 0.4) is 0 Å².